The second-order valence-corrected chi connectivity index (χ2v) is 7.70. The van der Waals surface area contributed by atoms with Crippen LogP contribution < -0.4 is 19.7 Å². The van der Waals surface area contributed by atoms with Gasteiger partial charge in [0.05, 0.1) is 6.54 Å². The Labute approximate surface area is 195 Å². The van der Waals surface area contributed by atoms with Gasteiger partial charge in [0, 0.05) is 31.0 Å². The van der Waals surface area contributed by atoms with E-state index in [-0.39, 0.29) is 6.61 Å². The van der Waals surface area contributed by atoms with Crippen molar-refractivity contribution in [3.8, 4) is 11.5 Å². The van der Waals surface area contributed by atoms with Gasteiger partial charge in [-0.15, -0.1) is 0 Å². The Hall–Kier alpha value is -3.80. The van der Waals surface area contributed by atoms with Crippen LogP contribution >= 0.6 is 0 Å². The molecule has 0 amide bonds. The highest BCUT2D eigenvalue weighted by molar-refractivity contribution is 5.89. The molecule has 0 saturated heterocycles. The molecule has 0 fully saturated rings. The molecule has 6 nitrogen and oxygen atoms in total. The minimum atomic E-state index is -0.460. The third-order valence-electron chi connectivity index (χ3n) is 5.04. The molecule has 3 aromatic rings. The highest BCUT2D eigenvalue weighted by atomic mass is 16.6. The second-order valence-electron chi connectivity index (χ2n) is 7.70. The van der Waals surface area contributed by atoms with Crippen LogP contribution in [0.5, 0.6) is 11.5 Å². The van der Waals surface area contributed by atoms with Gasteiger partial charge in [-0.1, -0.05) is 41.5 Å². The number of likely N-dealkylation sites (N-methyl/N-ethyl adjacent to an activating group) is 1. The maximum Gasteiger partial charge on any atom is 0.349 e. The summed E-state index contributed by atoms with van der Waals surface area (Å²) in [5, 5.41) is 3.30. The largest absolute Gasteiger partial charge is 0.482 e. The van der Waals surface area contributed by atoms with Gasteiger partial charge >= 0.3 is 5.97 Å². The minimum absolute atomic E-state index is 0.165. The number of benzene rings is 3. The number of esters is 1. The number of carbonyl (C=O) groups is 1. The lowest BCUT2D eigenvalue weighted by Crippen LogP contribution is -2.35. The molecule has 172 valence electrons. The van der Waals surface area contributed by atoms with Gasteiger partial charge in [-0.2, -0.15) is 0 Å². The van der Waals surface area contributed by atoms with Crippen LogP contribution in [0.25, 0.3) is 0 Å². The van der Waals surface area contributed by atoms with Gasteiger partial charge in [-0.3, -0.25) is 4.99 Å². The number of amidine groups is 1. The van der Waals surface area contributed by atoms with E-state index in [0.29, 0.717) is 18.0 Å². The van der Waals surface area contributed by atoms with Crippen LogP contribution in [0.4, 0.5) is 11.4 Å². The molecule has 0 unspecified atom stereocenters. The minimum Gasteiger partial charge on any atom is -0.482 e. The van der Waals surface area contributed by atoms with Crippen molar-refractivity contribution < 1.29 is 14.3 Å². The van der Waals surface area contributed by atoms with Gasteiger partial charge < -0.3 is 19.7 Å². The quantitative estimate of drug-likeness (QED) is 0.216. The number of nitrogens with zero attached hydrogens (tertiary/aromatic N) is 2. The molecule has 0 aromatic heterocycles. The zero-order valence-corrected chi connectivity index (χ0v) is 19.7. The molecule has 3 aromatic carbocycles. The molecule has 0 heterocycles. The maximum absolute atomic E-state index is 12.4. The first kappa shape index (κ1) is 23.9. The lowest BCUT2D eigenvalue weighted by atomic mass is 10.2. The average Bonchev–Trinajstić information content (AvgIpc) is 2.82. The summed E-state index contributed by atoms with van der Waals surface area (Å²) in [4.78, 5) is 18.9. The van der Waals surface area contributed by atoms with Crippen molar-refractivity contribution in [1.29, 1.82) is 0 Å². The van der Waals surface area contributed by atoms with E-state index in [1.54, 1.807) is 13.1 Å². The molecule has 3 rings (SSSR count). The smallest absolute Gasteiger partial charge is 0.349 e. The van der Waals surface area contributed by atoms with Gasteiger partial charge in [0.15, 0.2) is 6.61 Å². The fourth-order valence-electron chi connectivity index (χ4n) is 3.27. The van der Waals surface area contributed by atoms with Gasteiger partial charge in [-0.05, 0) is 57.2 Å². The summed E-state index contributed by atoms with van der Waals surface area (Å²) in [6, 6.07) is 23.3. The number of hydrogen-bond donors (Lipinski definition) is 1. The van der Waals surface area contributed by atoms with Crippen LogP contribution in [0.2, 0.25) is 0 Å². The van der Waals surface area contributed by atoms with Crippen molar-refractivity contribution >= 4 is 23.2 Å². The Bertz CT molecular complexity index is 1080. The van der Waals surface area contributed by atoms with E-state index in [0.717, 1.165) is 29.3 Å². The molecule has 33 heavy (non-hydrogen) atoms. The predicted molar refractivity (Wildman–Crippen MR) is 134 cm³/mol. The van der Waals surface area contributed by atoms with Crippen LogP contribution in [0.3, 0.4) is 0 Å². The Balaban J connectivity index is 1.75. The molecule has 0 atom stereocenters. The topological polar surface area (TPSA) is 63.2 Å². The molecule has 0 bridgehead atoms. The number of anilines is 2. The van der Waals surface area contributed by atoms with Crippen molar-refractivity contribution in [2.75, 3.05) is 31.6 Å². The molecule has 0 saturated carbocycles. The molecule has 0 radical (unpaired) electrons. The van der Waals surface area contributed by atoms with E-state index in [9.17, 15) is 4.79 Å². The number of aliphatic imine (C=N–C) groups is 1. The number of hydrogen-bond acceptors (Lipinski definition) is 5. The van der Waals surface area contributed by atoms with Crippen LogP contribution in [0.15, 0.2) is 77.8 Å². The number of rotatable bonds is 9. The Morgan fingerprint density at radius 1 is 0.909 bits per heavy atom. The average molecular weight is 446 g/mol. The van der Waals surface area contributed by atoms with Crippen LogP contribution in [0, 0.1) is 13.8 Å². The van der Waals surface area contributed by atoms with E-state index in [2.05, 4.69) is 46.4 Å². The SMILES string of the molecule is CCNC(CN(c1ccc(C)cc1)c1cccc(OC(=O)COc2ccc(C)cc2)c1)=NC. The van der Waals surface area contributed by atoms with Crippen molar-refractivity contribution in [3.05, 3.63) is 83.9 Å². The monoisotopic (exact) mass is 445 g/mol. The summed E-state index contributed by atoms with van der Waals surface area (Å²) in [6.07, 6.45) is 0. The van der Waals surface area contributed by atoms with Crippen molar-refractivity contribution in [2.24, 2.45) is 4.99 Å². The van der Waals surface area contributed by atoms with Crippen LogP contribution in [-0.2, 0) is 4.79 Å². The van der Waals surface area contributed by atoms with Crippen LogP contribution in [0.1, 0.15) is 18.1 Å². The second kappa shape index (κ2) is 11.7. The highest BCUT2D eigenvalue weighted by Gasteiger charge is 2.14. The number of carbonyl (C=O) groups excluding carboxylic acids is 1. The number of nitrogens with one attached hydrogen (secondary N) is 1. The van der Waals surface area contributed by atoms with E-state index >= 15 is 0 Å². The number of aryl methyl sites for hydroxylation is 2. The maximum atomic E-state index is 12.4. The van der Waals surface area contributed by atoms with E-state index in [1.807, 2.05) is 56.3 Å². The highest BCUT2D eigenvalue weighted by Crippen LogP contribution is 2.28. The molecular weight excluding hydrogens is 414 g/mol. The summed E-state index contributed by atoms with van der Waals surface area (Å²) in [7, 11) is 1.78. The molecular formula is C27H31N3O3. The molecule has 1 N–H and O–H groups in total. The van der Waals surface area contributed by atoms with Gasteiger partial charge in [-0.25, -0.2) is 4.79 Å². The van der Waals surface area contributed by atoms with Crippen molar-refractivity contribution in [3.63, 3.8) is 0 Å². The Morgan fingerprint density at radius 3 is 2.21 bits per heavy atom. The summed E-state index contributed by atoms with van der Waals surface area (Å²) < 4.78 is 11.1. The van der Waals surface area contributed by atoms with Crippen molar-refractivity contribution in [1.82, 2.24) is 5.32 Å². The summed E-state index contributed by atoms with van der Waals surface area (Å²) in [6.45, 7) is 7.28. The molecule has 6 heteroatoms. The zero-order chi connectivity index (χ0) is 23.6. The summed E-state index contributed by atoms with van der Waals surface area (Å²) in [5.74, 6) is 1.50. The first-order valence-corrected chi connectivity index (χ1v) is 11.0. The molecule has 0 spiro atoms. The van der Waals surface area contributed by atoms with Gasteiger partial charge in [0.25, 0.3) is 0 Å². The fraction of sp³-hybridized carbons (Fsp3) is 0.259. The number of ether oxygens (including phenoxy) is 2. The Kier molecular flexibility index (Phi) is 8.47. The van der Waals surface area contributed by atoms with Crippen LogP contribution in [-0.4, -0.2) is 38.5 Å². The summed E-state index contributed by atoms with van der Waals surface area (Å²) >= 11 is 0. The van der Waals surface area contributed by atoms with E-state index in [1.165, 1.54) is 5.56 Å². The molecule has 0 aliphatic carbocycles. The molecule has 0 aliphatic rings. The van der Waals surface area contributed by atoms with Gasteiger partial charge in [0.1, 0.15) is 17.3 Å². The Morgan fingerprint density at radius 2 is 1.58 bits per heavy atom. The summed E-state index contributed by atoms with van der Waals surface area (Å²) in [5.41, 5.74) is 4.23. The normalized spacial score (nSPS) is 11.1. The molecule has 0 aliphatic heterocycles. The first-order chi connectivity index (χ1) is 16.0. The van der Waals surface area contributed by atoms with E-state index in [4.69, 9.17) is 9.47 Å². The first-order valence-electron chi connectivity index (χ1n) is 11.0. The van der Waals surface area contributed by atoms with Gasteiger partial charge in [0.2, 0.25) is 0 Å². The standard InChI is InChI=1S/C27H31N3O3/c1-5-29-26(28-4)18-30(22-13-9-20(2)10-14-22)23-7-6-8-25(17-23)33-27(31)19-32-24-15-11-21(3)12-16-24/h6-17H,5,18-19H2,1-4H3,(H,28,29). The zero-order valence-electron chi connectivity index (χ0n) is 19.7. The third-order valence-corrected chi connectivity index (χ3v) is 5.04. The predicted octanol–water partition coefficient (Wildman–Crippen LogP) is 5.06. The fourth-order valence-corrected chi connectivity index (χ4v) is 3.27. The lowest BCUT2D eigenvalue weighted by molar-refractivity contribution is -0.136. The third kappa shape index (κ3) is 7.10. The lowest BCUT2D eigenvalue weighted by Gasteiger charge is -2.26. The van der Waals surface area contributed by atoms with Crippen molar-refractivity contribution in [2.45, 2.75) is 20.8 Å². The van der Waals surface area contributed by atoms with E-state index < -0.39 is 5.97 Å².